The van der Waals surface area contributed by atoms with E-state index in [1.165, 1.54) is 0 Å². The van der Waals surface area contributed by atoms with Crippen LogP contribution in [-0.2, 0) is 23.1 Å². The number of hydrogen-bond acceptors (Lipinski definition) is 5. The van der Waals surface area contributed by atoms with E-state index in [1.807, 2.05) is 31.3 Å². The molecule has 0 aliphatic carbocycles. The predicted molar refractivity (Wildman–Crippen MR) is 86.9 cm³/mol. The second kappa shape index (κ2) is 7.42. The maximum atomic E-state index is 12.6. The molecule has 3 heterocycles. The van der Waals surface area contributed by atoms with Crippen molar-refractivity contribution in [1.82, 2.24) is 24.3 Å². The lowest BCUT2D eigenvalue weighted by Crippen LogP contribution is -2.55. The molecule has 1 aromatic rings. The third kappa shape index (κ3) is 3.91. The van der Waals surface area contributed by atoms with Gasteiger partial charge in [-0.05, 0) is 6.92 Å². The summed E-state index contributed by atoms with van der Waals surface area (Å²) in [7, 11) is 2.03. The first-order valence-electron chi connectivity index (χ1n) is 8.44. The number of ether oxygens (including phenoxy) is 1. The molecule has 2 saturated heterocycles. The lowest BCUT2D eigenvalue weighted by molar-refractivity contribution is -0.141. The summed E-state index contributed by atoms with van der Waals surface area (Å²) in [5.74, 6) is 1.33. The maximum Gasteiger partial charge on any atom is 0.239 e. The topological polar surface area (TPSA) is 53.8 Å². The molecular weight excluding hydrogens is 294 g/mol. The van der Waals surface area contributed by atoms with Crippen LogP contribution >= 0.6 is 0 Å². The van der Waals surface area contributed by atoms with Gasteiger partial charge in [-0.1, -0.05) is 0 Å². The molecule has 0 N–H and O–H groups in total. The Hall–Kier alpha value is -1.44. The molecule has 7 heteroatoms. The Balaban J connectivity index is 1.48. The largest absolute Gasteiger partial charge is 0.378 e. The Bertz CT molecular complexity index is 518. The lowest BCUT2D eigenvalue weighted by atomic mass is 10.2. The minimum absolute atomic E-state index is 0.0385. The van der Waals surface area contributed by atoms with E-state index >= 15 is 0 Å². The van der Waals surface area contributed by atoms with E-state index in [4.69, 9.17) is 4.74 Å². The van der Waals surface area contributed by atoms with Crippen LogP contribution in [0.2, 0.25) is 0 Å². The van der Waals surface area contributed by atoms with Crippen LogP contribution in [-0.4, -0.2) is 88.7 Å². The minimum atomic E-state index is -0.0385. The van der Waals surface area contributed by atoms with Crippen molar-refractivity contribution in [1.29, 1.82) is 0 Å². The summed E-state index contributed by atoms with van der Waals surface area (Å²) in [6, 6.07) is -0.0385. The lowest BCUT2D eigenvalue weighted by Gasteiger charge is -2.39. The number of piperazine rings is 1. The smallest absolute Gasteiger partial charge is 0.239 e. The van der Waals surface area contributed by atoms with Crippen LogP contribution in [0.25, 0.3) is 0 Å². The summed E-state index contributed by atoms with van der Waals surface area (Å²) < 4.78 is 7.39. The molecule has 0 saturated carbocycles. The molecule has 2 aliphatic rings. The first-order chi connectivity index (χ1) is 11.1. The van der Waals surface area contributed by atoms with Crippen molar-refractivity contribution < 1.29 is 9.53 Å². The van der Waals surface area contributed by atoms with E-state index in [0.717, 1.165) is 51.6 Å². The molecule has 3 rings (SSSR count). The Morgan fingerprint density at radius 1 is 1.22 bits per heavy atom. The molecular formula is C16H27N5O2. The van der Waals surface area contributed by atoms with E-state index in [1.54, 1.807) is 0 Å². The number of aryl methyl sites for hydroxylation is 1. The van der Waals surface area contributed by atoms with Crippen molar-refractivity contribution in [2.24, 2.45) is 7.05 Å². The van der Waals surface area contributed by atoms with Gasteiger partial charge in [0.05, 0.1) is 25.8 Å². The molecule has 0 aromatic carbocycles. The van der Waals surface area contributed by atoms with Crippen LogP contribution in [0.3, 0.4) is 0 Å². The summed E-state index contributed by atoms with van der Waals surface area (Å²) in [4.78, 5) is 23.6. The molecule has 2 fully saturated rings. The fourth-order valence-electron chi connectivity index (χ4n) is 3.26. The van der Waals surface area contributed by atoms with E-state index in [9.17, 15) is 4.79 Å². The zero-order valence-corrected chi connectivity index (χ0v) is 14.1. The zero-order valence-electron chi connectivity index (χ0n) is 14.1. The quantitative estimate of drug-likeness (QED) is 0.768. The van der Waals surface area contributed by atoms with Crippen molar-refractivity contribution >= 4 is 5.91 Å². The van der Waals surface area contributed by atoms with Gasteiger partial charge >= 0.3 is 0 Å². The second-order valence-corrected chi connectivity index (χ2v) is 6.38. The molecule has 7 nitrogen and oxygen atoms in total. The van der Waals surface area contributed by atoms with Crippen molar-refractivity contribution in [3.05, 3.63) is 18.2 Å². The van der Waals surface area contributed by atoms with Gasteiger partial charge in [0.15, 0.2) is 0 Å². The zero-order chi connectivity index (χ0) is 16.2. The number of imidazole rings is 1. The number of nitrogens with zero attached hydrogens (tertiary/aromatic N) is 5. The van der Waals surface area contributed by atoms with Crippen molar-refractivity contribution in [3.8, 4) is 0 Å². The first-order valence-corrected chi connectivity index (χ1v) is 8.44. The molecule has 0 bridgehead atoms. The van der Waals surface area contributed by atoms with Crippen LogP contribution in [0.5, 0.6) is 0 Å². The average molecular weight is 321 g/mol. The minimum Gasteiger partial charge on any atom is -0.378 e. The van der Waals surface area contributed by atoms with Crippen LogP contribution < -0.4 is 0 Å². The highest BCUT2D eigenvalue weighted by atomic mass is 16.5. The Morgan fingerprint density at radius 3 is 2.52 bits per heavy atom. The molecule has 0 radical (unpaired) electrons. The van der Waals surface area contributed by atoms with Crippen molar-refractivity contribution in [2.45, 2.75) is 19.5 Å². The van der Waals surface area contributed by atoms with E-state index in [2.05, 4.69) is 19.4 Å². The van der Waals surface area contributed by atoms with Gasteiger partial charge in [0.1, 0.15) is 5.82 Å². The fraction of sp³-hybridized carbons (Fsp3) is 0.750. The molecule has 128 valence electrons. The summed E-state index contributed by atoms with van der Waals surface area (Å²) in [6.45, 7) is 9.51. The third-order valence-corrected chi connectivity index (χ3v) is 4.92. The Labute approximate surface area is 137 Å². The normalized spacial score (nSPS) is 22.3. The standard InChI is InChI=1S/C16H27N5O2/c1-14(16(22)21-9-11-23-12-10-21)20-7-5-19(6-8-20)13-15-17-3-4-18(15)2/h3-4,14H,5-13H2,1-2H3. The molecule has 1 aromatic heterocycles. The van der Waals surface area contributed by atoms with Gasteiger partial charge in [0.25, 0.3) is 0 Å². The molecule has 1 amide bonds. The monoisotopic (exact) mass is 321 g/mol. The van der Waals surface area contributed by atoms with E-state index in [0.29, 0.717) is 13.2 Å². The van der Waals surface area contributed by atoms with Crippen LogP contribution in [0, 0.1) is 0 Å². The first kappa shape index (κ1) is 16.4. The van der Waals surface area contributed by atoms with Crippen molar-refractivity contribution in [3.63, 3.8) is 0 Å². The predicted octanol–water partition coefficient (Wildman–Crippen LogP) is -0.215. The number of morpholine rings is 1. The van der Waals surface area contributed by atoms with Gasteiger partial charge in [0, 0.05) is 58.7 Å². The Kier molecular flexibility index (Phi) is 5.30. The SMILES string of the molecule is CC(C(=O)N1CCOCC1)N1CCN(Cc2nccn2C)CC1. The summed E-state index contributed by atoms with van der Waals surface area (Å²) in [6.07, 6.45) is 3.82. The molecule has 2 aliphatic heterocycles. The van der Waals surface area contributed by atoms with Crippen molar-refractivity contribution in [2.75, 3.05) is 52.5 Å². The number of carbonyl (C=O) groups is 1. The number of amides is 1. The fourth-order valence-corrected chi connectivity index (χ4v) is 3.26. The summed E-state index contributed by atoms with van der Waals surface area (Å²) in [5.41, 5.74) is 0. The average Bonchev–Trinajstić information content (AvgIpc) is 3.00. The second-order valence-electron chi connectivity index (χ2n) is 6.38. The Morgan fingerprint density at radius 2 is 1.91 bits per heavy atom. The third-order valence-electron chi connectivity index (χ3n) is 4.92. The van der Waals surface area contributed by atoms with Crippen LogP contribution in [0.15, 0.2) is 12.4 Å². The van der Waals surface area contributed by atoms with Gasteiger partial charge in [0.2, 0.25) is 5.91 Å². The molecule has 1 unspecified atom stereocenters. The number of aromatic nitrogens is 2. The van der Waals surface area contributed by atoms with Gasteiger partial charge in [-0.15, -0.1) is 0 Å². The van der Waals surface area contributed by atoms with Crippen LogP contribution in [0.1, 0.15) is 12.7 Å². The highest BCUT2D eigenvalue weighted by Gasteiger charge is 2.29. The van der Waals surface area contributed by atoms with Crippen LogP contribution in [0.4, 0.5) is 0 Å². The summed E-state index contributed by atoms with van der Waals surface area (Å²) >= 11 is 0. The highest BCUT2D eigenvalue weighted by Crippen LogP contribution is 2.12. The van der Waals surface area contributed by atoms with Gasteiger partial charge < -0.3 is 14.2 Å². The van der Waals surface area contributed by atoms with E-state index < -0.39 is 0 Å². The van der Waals surface area contributed by atoms with E-state index in [-0.39, 0.29) is 11.9 Å². The van der Waals surface area contributed by atoms with Gasteiger partial charge in [-0.2, -0.15) is 0 Å². The van der Waals surface area contributed by atoms with Gasteiger partial charge in [-0.25, -0.2) is 4.98 Å². The number of hydrogen-bond donors (Lipinski definition) is 0. The molecule has 0 spiro atoms. The highest BCUT2D eigenvalue weighted by molar-refractivity contribution is 5.81. The summed E-state index contributed by atoms with van der Waals surface area (Å²) in [5, 5.41) is 0. The maximum absolute atomic E-state index is 12.6. The number of carbonyl (C=O) groups excluding carboxylic acids is 1. The number of rotatable bonds is 4. The molecule has 1 atom stereocenters. The molecule has 23 heavy (non-hydrogen) atoms. The van der Waals surface area contributed by atoms with Gasteiger partial charge in [-0.3, -0.25) is 14.6 Å².